The van der Waals surface area contributed by atoms with E-state index in [0.29, 0.717) is 11.3 Å². The average Bonchev–Trinajstić information content (AvgIpc) is 2.94. The number of pyridine rings is 1. The number of halogens is 2. The molecule has 4 rings (SSSR count). The number of hydrogen-bond acceptors (Lipinski definition) is 5. The number of carboxylic acid groups (broad SMARTS) is 1. The van der Waals surface area contributed by atoms with Crippen LogP contribution in [0.15, 0.2) is 96.0 Å². The lowest BCUT2D eigenvalue weighted by Gasteiger charge is -2.16. The summed E-state index contributed by atoms with van der Waals surface area (Å²) >= 11 is 11.9. The standard InChI is InChI=1S/C28H24Cl2N4O5S/c29-23-8-4-9-25(26(23)30)40(38,39)34-24(27(35)36)15-18-10-12-19(13-11-18)20-5-3-7-21(16-20)33-28(37)32-17-22-6-1-2-14-31-22/h1-14,16,24,34H,15,17H2,(H,35,36)(H2,32,33,37). The number of aromatic nitrogens is 1. The predicted octanol–water partition coefficient (Wildman–Crippen LogP) is 5.35. The zero-order chi connectivity index (χ0) is 28.7. The SMILES string of the molecule is O=C(NCc1ccccn1)Nc1cccc(-c2ccc(CC(NS(=O)(=O)c3cccc(Cl)c3Cl)C(=O)O)cc2)c1. The molecule has 0 aliphatic carbocycles. The molecule has 40 heavy (non-hydrogen) atoms. The molecule has 0 aliphatic heterocycles. The van der Waals surface area contributed by atoms with Crippen molar-refractivity contribution >= 4 is 50.9 Å². The van der Waals surface area contributed by atoms with Gasteiger partial charge in [0.25, 0.3) is 0 Å². The molecule has 0 aliphatic rings. The van der Waals surface area contributed by atoms with Crippen LogP contribution in [-0.4, -0.2) is 36.6 Å². The Hall–Kier alpha value is -3.96. The first-order chi connectivity index (χ1) is 19.1. The van der Waals surface area contributed by atoms with Gasteiger partial charge in [0.15, 0.2) is 0 Å². The highest BCUT2D eigenvalue weighted by Gasteiger charge is 2.28. The molecular formula is C28H24Cl2N4O5S. The molecule has 206 valence electrons. The number of carboxylic acids is 1. The smallest absolute Gasteiger partial charge is 0.322 e. The maximum Gasteiger partial charge on any atom is 0.322 e. The third kappa shape index (κ3) is 7.57. The Balaban J connectivity index is 1.41. The summed E-state index contributed by atoms with van der Waals surface area (Å²) in [4.78, 5) is 28.0. The zero-order valence-corrected chi connectivity index (χ0v) is 23.2. The van der Waals surface area contributed by atoms with Crippen molar-refractivity contribution in [1.29, 1.82) is 0 Å². The molecule has 0 spiro atoms. The average molecular weight is 599 g/mol. The highest BCUT2D eigenvalue weighted by molar-refractivity contribution is 7.89. The van der Waals surface area contributed by atoms with Crippen LogP contribution in [0.3, 0.4) is 0 Å². The number of sulfonamides is 1. The summed E-state index contributed by atoms with van der Waals surface area (Å²) in [5.74, 6) is -1.34. The summed E-state index contributed by atoms with van der Waals surface area (Å²) in [6, 6.07) is 22.0. The molecule has 0 fully saturated rings. The lowest BCUT2D eigenvalue weighted by atomic mass is 10.0. The van der Waals surface area contributed by atoms with E-state index in [0.717, 1.165) is 16.8 Å². The number of amides is 2. The van der Waals surface area contributed by atoms with Crippen LogP contribution in [0, 0.1) is 0 Å². The molecule has 0 bridgehead atoms. The van der Waals surface area contributed by atoms with Gasteiger partial charge in [0.2, 0.25) is 10.0 Å². The number of hydrogen-bond donors (Lipinski definition) is 4. The number of nitrogens with zero attached hydrogens (tertiary/aromatic N) is 1. The fraction of sp³-hybridized carbons (Fsp3) is 0.107. The summed E-state index contributed by atoms with van der Waals surface area (Å²) < 4.78 is 27.8. The third-order valence-electron chi connectivity index (χ3n) is 5.80. The van der Waals surface area contributed by atoms with Gasteiger partial charge in [0.1, 0.15) is 10.9 Å². The second kappa shape index (κ2) is 12.9. The maximum absolute atomic E-state index is 12.8. The monoisotopic (exact) mass is 598 g/mol. The van der Waals surface area contributed by atoms with Gasteiger partial charge < -0.3 is 15.7 Å². The van der Waals surface area contributed by atoms with Crippen LogP contribution < -0.4 is 15.4 Å². The van der Waals surface area contributed by atoms with E-state index < -0.39 is 22.0 Å². The van der Waals surface area contributed by atoms with E-state index in [2.05, 4.69) is 20.3 Å². The first kappa shape index (κ1) is 29.0. The highest BCUT2D eigenvalue weighted by atomic mass is 35.5. The van der Waals surface area contributed by atoms with Crippen LogP contribution in [0.5, 0.6) is 0 Å². The number of benzene rings is 3. The number of urea groups is 1. The molecule has 1 unspecified atom stereocenters. The Morgan fingerprint density at radius 1 is 0.900 bits per heavy atom. The van der Waals surface area contributed by atoms with Crippen LogP contribution in [0.4, 0.5) is 10.5 Å². The van der Waals surface area contributed by atoms with Crippen molar-refractivity contribution in [1.82, 2.24) is 15.0 Å². The Morgan fingerprint density at radius 3 is 2.35 bits per heavy atom. The summed E-state index contributed by atoms with van der Waals surface area (Å²) in [6.45, 7) is 0.285. The summed E-state index contributed by atoms with van der Waals surface area (Å²) in [6.07, 6.45) is 1.55. The normalized spacial score (nSPS) is 11.9. The van der Waals surface area contributed by atoms with Gasteiger partial charge in [0.05, 0.1) is 22.3 Å². The quantitative estimate of drug-likeness (QED) is 0.194. The van der Waals surface area contributed by atoms with E-state index in [9.17, 15) is 23.1 Å². The minimum absolute atomic E-state index is 0.0383. The molecule has 0 saturated carbocycles. The largest absolute Gasteiger partial charge is 0.480 e. The van der Waals surface area contributed by atoms with Crippen LogP contribution in [0.2, 0.25) is 10.0 Å². The van der Waals surface area contributed by atoms with Crippen LogP contribution in [0.1, 0.15) is 11.3 Å². The van der Waals surface area contributed by atoms with E-state index in [1.54, 1.807) is 54.7 Å². The fourth-order valence-electron chi connectivity index (χ4n) is 3.82. The van der Waals surface area contributed by atoms with Crippen molar-refractivity contribution in [3.63, 3.8) is 0 Å². The van der Waals surface area contributed by atoms with Gasteiger partial charge in [-0.15, -0.1) is 0 Å². The van der Waals surface area contributed by atoms with Gasteiger partial charge in [0, 0.05) is 11.9 Å². The van der Waals surface area contributed by atoms with E-state index in [1.165, 1.54) is 18.2 Å². The van der Waals surface area contributed by atoms with Crippen molar-refractivity contribution in [2.45, 2.75) is 23.9 Å². The molecule has 4 aromatic rings. The molecular weight excluding hydrogens is 575 g/mol. The molecule has 4 N–H and O–H groups in total. The van der Waals surface area contributed by atoms with Crippen molar-refractivity contribution in [3.8, 4) is 11.1 Å². The minimum Gasteiger partial charge on any atom is -0.480 e. The first-order valence-corrected chi connectivity index (χ1v) is 14.2. The van der Waals surface area contributed by atoms with E-state index in [4.69, 9.17) is 23.2 Å². The Morgan fingerprint density at radius 2 is 1.65 bits per heavy atom. The summed E-state index contributed by atoms with van der Waals surface area (Å²) in [7, 11) is -4.25. The van der Waals surface area contributed by atoms with E-state index in [-0.39, 0.29) is 33.9 Å². The molecule has 0 radical (unpaired) electrons. The lowest BCUT2D eigenvalue weighted by molar-refractivity contribution is -0.138. The number of nitrogens with one attached hydrogen (secondary N) is 3. The molecule has 1 atom stereocenters. The molecule has 1 aromatic heterocycles. The Bertz CT molecular complexity index is 1620. The number of carbonyl (C=O) groups excluding carboxylic acids is 1. The van der Waals surface area contributed by atoms with E-state index in [1.807, 2.05) is 18.2 Å². The highest BCUT2D eigenvalue weighted by Crippen LogP contribution is 2.29. The van der Waals surface area contributed by atoms with Crippen molar-refractivity contribution in [2.24, 2.45) is 0 Å². The second-order valence-electron chi connectivity index (χ2n) is 8.67. The van der Waals surface area contributed by atoms with Crippen LogP contribution in [-0.2, 0) is 27.8 Å². The second-order valence-corrected chi connectivity index (χ2v) is 11.1. The Labute approximate surface area is 241 Å². The molecule has 12 heteroatoms. The van der Waals surface area contributed by atoms with Crippen LogP contribution >= 0.6 is 23.2 Å². The fourth-order valence-corrected chi connectivity index (χ4v) is 5.77. The van der Waals surface area contributed by atoms with Crippen molar-refractivity contribution in [3.05, 3.63) is 112 Å². The minimum atomic E-state index is -4.25. The van der Waals surface area contributed by atoms with Gasteiger partial charge in [-0.3, -0.25) is 9.78 Å². The number of rotatable bonds is 10. The zero-order valence-electron chi connectivity index (χ0n) is 20.8. The molecule has 9 nitrogen and oxygen atoms in total. The molecule has 3 aromatic carbocycles. The summed E-state index contributed by atoms with van der Waals surface area (Å²) in [5.41, 5.74) is 3.55. The van der Waals surface area contributed by atoms with Crippen molar-refractivity contribution < 1.29 is 23.1 Å². The predicted molar refractivity (Wildman–Crippen MR) is 154 cm³/mol. The van der Waals surface area contributed by atoms with Gasteiger partial charge in [-0.2, -0.15) is 4.72 Å². The molecule has 0 saturated heterocycles. The van der Waals surface area contributed by atoms with Gasteiger partial charge in [-0.1, -0.05) is 71.7 Å². The first-order valence-electron chi connectivity index (χ1n) is 12.0. The number of carbonyl (C=O) groups is 2. The summed E-state index contributed by atoms with van der Waals surface area (Å²) in [5, 5.41) is 15.1. The van der Waals surface area contributed by atoms with E-state index >= 15 is 0 Å². The van der Waals surface area contributed by atoms with Gasteiger partial charge in [-0.25, -0.2) is 13.2 Å². The third-order valence-corrected chi connectivity index (χ3v) is 8.25. The Kier molecular flexibility index (Phi) is 9.38. The molecule has 2 amide bonds. The number of anilines is 1. The molecule has 1 heterocycles. The lowest BCUT2D eigenvalue weighted by Crippen LogP contribution is -2.42. The van der Waals surface area contributed by atoms with Crippen molar-refractivity contribution in [2.75, 3.05) is 5.32 Å². The number of aliphatic carboxylic acids is 1. The van der Waals surface area contributed by atoms with Crippen LogP contribution in [0.25, 0.3) is 11.1 Å². The maximum atomic E-state index is 12.8. The van der Waals surface area contributed by atoms with Gasteiger partial charge in [-0.05, 0) is 59.5 Å². The topological polar surface area (TPSA) is 137 Å². The van der Waals surface area contributed by atoms with Gasteiger partial charge >= 0.3 is 12.0 Å².